The van der Waals surface area contributed by atoms with Crippen molar-refractivity contribution in [2.24, 2.45) is 0 Å². The van der Waals surface area contributed by atoms with Gasteiger partial charge in [0.1, 0.15) is 0 Å². The van der Waals surface area contributed by atoms with E-state index in [1.807, 2.05) is 12.1 Å². The molecule has 1 fully saturated rings. The fourth-order valence-electron chi connectivity index (χ4n) is 1.92. The van der Waals surface area contributed by atoms with Gasteiger partial charge in [-0.15, -0.1) is 11.3 Å². The average molecular weight is 295 g/mol. The Morgan fingerprint density at radius 2 is 2.00 bits per heavy atom. The number of carbonyl (C=O) groups is 1. The highest BCUT2D eigenvalue weighted by Gasteiger charge is 2.26. The number of hydrogen-bond donors (Lipinski definition) is 0. The lowest BCUT2D eigenvalue weighted by Gasteiger charge is -2.34. The second-order valence-corrected chi connectivity index (χ2v) is 5.91. The van der Waals surface area contributed by atoms with Gasteiger partial charge in [0.15, 0.2) is 0 Å². The number of halogens is 3. The second-order valence-electron chi connectivity index (χ2n) is 4.11. The van der Waals surface area contributed by atoms with Gasteiger partial charge in [0.05, 0.1) is 4.34 Å². The topological polar surface area (TPSA) is 23.6 Å². The van der Waals surface area contributed by atoms with E-state index in [-0.39, 0.29) is 0 Å². The zero-order valence-electron chi connectivity index (χ0n) is 9.61. The number of alkyl halides is 2. The minimum Gasteiger partial charge on any atom is -0.335 e. The molecule has 1 aromatic rings. The van der Waals surface area contributed by atoms with Crippen LogP contribution < -0.4 is 0 Å². The third kappa shape index (κ3) is 3.40. The summed E-state index contributed by atoms with van der Waals surface area (Å²) >= 11 is 7.36. The smallest absolute Gasteiger partial charge is 0.315 e. The normalized spacial score (nSPS) is 17.4. The van der Waals surface area contributed by atoms with Crippen molar-refractivity contribution in [2.45, 2.75) is 13.0 Å². The molecule has 2 heterocycles. The van der Waals surface area contributed by atoms with Crippen LogP contribution in [0.2, 0.25) is 4.34 Å². The predicted molar refractivity (Wildman–Crippen MR) is 67.2 cm³/mol. The maximum atomic E-state index is 12.2. The largest absolute Gasteiger partial charge is 0.335 e. The molecular formula is C11H13ClF2N2OS. The van der Waals surface area contributed by atoms with Crippen LogP contribution in [0.25, 0.3) is 0 Å². The number of nitrogens with zero attached hydrogens (tertiary/aromatic N) is 2. The van der Waals surface area contributed by atoms with Gasteiger partial charge in [-0.25, -0.2) is 0 Å². The van der Waals surface area contributed by atoms with Crippen LogP contribution in [0.1, 0.15) is 4.88 Å². The first-order valence-electron chi connectivity index (χ1n) is 5.60. The molecule has 1 aliphatic heterocycles. The predicted octanol–water partition coefficient (Wildman–Crippen LogP) is 2.31. The molecule has 0 aliphatic carbocycles. The Hall–Kier alpha value is -0.720. The number of amides is 1. The lowest BCUT2D eigenvalue weighted by atomic mass is 10.3. The van der Waals surface area contributed by atoms with Crippen LogP contribution in [0, 0.1) is 0 Å². The first-order chi connectivity index (χ1) is 8.56. The Kier molecular flexibility index (Phi) is 4.53. The van der Waals surface area contributed by atoms with Gasteiger partial charge in [0.25, 0.3) is 5.91 Å². The molecule has 0 atom stereocenters. The molecule has 0 unspecified atom stereocenters. The molecule has 7 heteroatoms. The van der Waals surface area contributed by atoms with Gasteiger partial charge < -0.3 is 4.90 Å². The SMILES string of the molecule is O=C(C(F)F)N1CCN(Cc2ccc(Cl)s2)CC1. The standard InChI is InChI=1S/C11H13ClF2N2OS/c12-9-2-1-8(18-9)7-15-3-5-16(6-4-15)11(17)10(13)14/h1-2,10H,3-7H2. The summed E-state index contributed by atoms with van der Waals surface area (Å²) in [6.45, 7) is 2.72. The molecule has 0 radical (unpaired) electrons. The zero-order chi connectivity index (χ0) is 13.1. The minimum absolute atomic E-state index is 0.363. The molecule has 1 amide bonds. The first kappa shape index (κ1) is 13.7. The number of rotatable bonds is 3. The van der Waals surface area contributed by atoms with Gasteiger partial charge in [-0.2, -0.15) is 8.78 Å². The molecule has 1 aliphatic rings. The van der Waals surface area contributed by atoms with E-state index in [1.54, 1.807) is 0 Å². The van der Waals surface area contributed by atoms with Gasteiger partial charge in [-0.3, -0.25) is 9.69 Å². The molecule has 0 spiro atoms. The molecule has 18 heavy (non-hydrogen) atoms. The minimum atomic E-state index is -2.90. The highest BCUT2D eigenvalue weighted by atomic mass is 35.5. The summed E-state index contributed by atoms with van der Waals surface area (Å²) in [6.07, 6.45) is -2.90. The van der Waals surface area contributed by atoms with Crippen molar-refractivity contribution in [2.75, 3.05) is 26.2 Å². The summed E-state index contributed by atoms with van der Waals surface area (Å²) in [7, 11) is 0. The Bertz CT molecular complexity index is 419. The molecule has 3 nitrogen and oxygen atoms in total. The Morgan fingerprint density at radius 1 is 1.33 bits per heavy atom. The van der Waals surface area contributed by atoms with Crippen molar-refractivity contribution in [3.8, 4) is 0 Å². The van der Waals surface area contributed by atoms with Crippen LogP contribution >= 0.6 is 22.9 Å². The van der Waals surface area contributed by atoms with Gasteiger partial charge in [-0.1, -0.05) is 11.6 Å². The van der Waals surface area contributed by atoms with Crippen molar-refractivity contribution < 1.29 is 13.6 Å². The summed E-state index contributed by atoms with van der Waals surface area (Å²) < 4.78 is 25.2. The quantitative estimate of drug-likeness (QED) is 0.854. The Morgan fingerprint density at radius 3 is 2.50 bits per heavy atom. The fraction of sp³-hybridized carbons (Fsp3) is 0.545. The third-order valence-electron chi connectivity index (χ3n) is 2.88. The Balaban J connectivity index is 1.82. The monoisotopic (exact) mass is 294 g/mol. The van der Waals surface area contributed by atoms with E-state index in [0.717, 1.165) is 15.8 Å². The van der Waals surface area contributed by atoms with E-state index in [9.17, 15) is 13.6 Å². The van der Waals surface area contributed by atoms with E-state index < -0.39 is 12.3 Å². The molecule has 1 saturated heterocycles. The highest BCUT2D eigenvalue weighted by Crippen LogP contribution is 2.23. The number of thiophene rings is 1. The molecular weight excluding hydrogens is 282 g/mol. The van der Waals surface area contributed by atoms with E-state index >= 15 is 0 Å². The van der Waals surface area contributed by atoms with Crippen molar-refractivity contribution in [1.82, 2.24) is 9.80 Å². The van der Waals surface area contributed by atoms with Crippen LogP contribution in [-0.2, 0) is 11.3 Å². The van der Waals surface area contributed by atoms with E-state index in [2.05, 4.69) is 4.90 Å². The van der Waals surface area contributed by atoms with Crippen LogP contribution in [-0.4, -0.2) is 48.3 Å². The second kappa shape index (κ2) is 5.95. The lowest BCUT2D eigenvalue weighted by Crippen LogP contribution is -2.49. The summed E-state index contributed by atoms with van der Waals surface area (Å²) in [5, 5.41) is 0. The van der Waals surface area contributed by atoms with Crippen LogP contribution in [0.4, 0.5) is 8.78 Å². The first-order valence-corrected chi connectivity index (χ1v) is 6.79. The maximum absolute atomic E-state index is 12.2. The molecule has 100 valence electrons. The molecule has 2 rings (SSSR count). The Labute approximate surface area is 113 Å². The number of piperazine rings is 1. The van der Waals surface area contributed by atoms with Crippen LogP contribution in [0.5, 0.6) is 0 Å². The van der Waals surface area contributed by atoms with E-state index in [1.165, 1.54) is 16.2 Å². The van der Waals surface area contributed by atoms with Crippen molar-refractivity contribution >= 4 is 28.8 Å². The molecule has 0 bridgehead atoms. The maximum Gasteiger partial charge on any atom is 0.315 e. The molecule has 1 aromatic heterocycles. The summed E-state index contributed by atoms with van der Waals surface area (Å²) in [5.41, 5.74) is 0. The summed E-state index contributed by atoms with van der Waals surface area (Å²) in [5.74, 6) is -1.06. The van der Waals surface area contributed by atoms with E-state index in [0.29, 0.717) is 26.2 Å². The highest BCUT2D eigenvalue weighted by molar-refractivity contribution is 7.16. The van der Waals surface area contributed by atoms with Crippen molar-refractivity contribution in [3.63, 3.8) is 0 Å². The van der Waals surface area contributed by atoms with Crippen molar-refractivity contribution in [1.29, 1.82) is 0 Å². The molecule has 0 aromatic carbocycles. The summed E-state index contributed by atoms with van der Waals surface area (Å²) in [4.78, 5) is 15.6. The fourth-order valence-corrected chi connectivity index (χ4v) is 3.05. The van der Waals surface area contributed by atoms with Crippen molar-refractivity contribution in [3.05, 3.63) is 21.3 Å². The average Bonchev–Trinajstić information content (AvgIpc) is 2.75. The van der Waals surface area contributed by atoms with Gasteiger partial charge in [0, 0.05) is 37.6 Å². The van der Waals surface area contributed by atoms with Crippen LogP contribution in [0.15, 0.2) is 12.1 Å². The third-order valence-corrected chi connectivity index (χ3v) is 4.09. The lowest BCUT2D eigenvalue weighted by molar-refractivity contribution is -0.144. The van der Waals surface area contributed by atoms with Gasteiger partial charge >= 0.3 is 6.43 Å². The summed E-state index contributed by atoms with van der Waals surface area (Å²) in [6, 6.07) is 3.81. The van der Waals surface area contributed by atoms with Crippen LogP contribution in [0.3, 0.4) is 0 Å². The number of hydrogen-bond acceptors (Lipinski definition) is 3. The zero-order valence-corrected chi connectivity index (χ0v) is 11.2. The number of carbonyl (C=O) groups excluding carboxylic acids is 1. The molecule has 0 N–H and O–H groups in total. The van der Waals surface area contributed by atoms with Gasteiger partial charge in [0.2, 0.25) is 0 Å². The van der Waals surface area contributed by atoms with Gasteiger partial charge in [-0.05, 0) is 12.1 Å². The molecule has 0 saturated carbocycles. The van der Waals surface area contributed by atoms with E-state index in [4.69, 9.17) is 11.6 Å².